The van der Waals surface area contributed by atoms with Gasteiger partial charge in [0.15, 0.2) is 0 Å². The first kappa shape index (κ1) is 16.5. The van der Waals surface area contributed by atoms with Crippen LogP contribution in [-0.4, -0.2) is 12.1 Å². The Bertz CT molecular complexity index is 829. The van der Waals surface area contributed by atoms with Crippen LogP contribution in [0, 0.1) is 5.82 Å². The highest BCUT2D eigenvalue weighted by Gasteiger charge is 2.11. The topological polar surface area (TPSA) is 41.1 Å². The van der Waals surface area contributed by atoms with Crippen LogP contribution in [0.5, 0.6) is 0 Å². The number of hydrogen-bond donors (Lipinski definition) is 2. The van der Waals surface area contributed by atoms with E-state index >= 15 is 0 Å². The average molecular weight is 342 g/mol. The second kappa shape index (κ2) is 7.45. The fourth-order valence-electron chi connectivity index (χ4n) is 2.63. The van der Waals surface area contributed by atoms with Gasteiger partial charge < -0.3 is 10.6 Å². The molecule has 3 aromatic rings. The van der Waals surface area contributed by atoms with Crippen molar-refractivity contribution in [1.82, 2.24) is 10.6 Å². The molecule has 1 atom stereocenters. The lowest BCUT2D eigenvalue weighted by atomic mass is 10.1. The molecule has 2 amide bonds. The van der Waals surface area contributed by atoms with E-state index in [9.17, 15) is 9.18 Å². The average Bonchev–Trinajstić information content (AvgIpc) is 2.97. The summed E-state index contributed by atoms with van der Waals surface area (Å²) in [5.41, 5.74) is 2.12. The molecule has 0 radical (unpaired) electrons. The second-order valence-corrected chi connectivity index (χ2v) is 6.73. The van der Waals surface area contributed by atoms with E-state index in [-0.39, 0.29) is 17.9 Å². The Labute approximate surface area is 144 Å². The van der Waals surface area contributed by atoms with E-state index in [1.54, 1.807) is 23.5 Å². The van der Waals surface area contributed by atoms with Crippen molar-refractivity contribution in [3.8, 4) is 0 Å². The largest absolute Gasteiger partial charge is 0.335 e. The summed E-state index contributed by atoms with van der Waals surface area (Å²) in [6, 6.07) is 14.2. The predicted molar refractivity (Wildman–Crippen MR) is 96.8 cm³/mol. The maximum absolute atomic E-state index is 12.9. The van der Waals surface area contributed by atoms with Crippen LogP contribution in [0.2, 0.25) is 0 Å². The van der Waals surface area contributed by atoms with Gasteiger partial charge in [0.1, 0.15) is 5.82 Å². The summed E-state index contributed by atoms with van der Waals surface area (Å²) in [6.07, 6.45) is 0.786. The molecule has 124 valence electrons. The third-order valence-electron chi connectivity index (χ3n) is 3.83. The van der Waals surface area contributed by atoms with Crippen LogP contribution >= 0.6 is 11.3 Å². The number of thiophene rings is 1. The zero-order valence-corrected chi connectivity index (χ0v) is 14.2. The first-order chi connectivity index (χ1) is 11.6. The Kier molecular flexibility index (Phi) is 5.11. The van der Waals surface area contributed by atoms with Gasteiger partial charge in [0.2, 0.25) is 0 Å². The molecule has 2 aromatic carbocycles. The van der Waals surface area contributed by atoms with Gasteiger partial charge in [-0.3, -0.25) is 0 Å². The Morgan fingerprint density at radius 3 is 2.71 bits per heavy atom. The molecule has 3 nitrogen and oxygen atoms in total. The van der Waals surface area contributed by atoms with E-state index in [2.05, 4.69) is 28.1 Å². The van der Waals surface area contributed by atoms with Crippen LogP contribution in [0.1, 0.15) is 18.1 Å². The third kappa shape index (κ3) is 4.11. The van der Waals surface area contributed by atoms with Crippen molar-refractivity contribution in [2.45, 2.75) is 25.9 Å². The molecule has 0 spiro atoms. The molecule has 1 heterocycles. The van der Waals surface area contributed by atoms with E-state index in [0.29, 0.717) is 6.54 Å². The number of halogens is 1. The lowest BCUT2D eigenvalue weighted by Gasteiger charge is -2.14. The summed E-state index contributed by atoms with van der Waals surface area (Å²) in [6.45, 7) is 2.37. The van der Waals surface area contributed by atoms with Crippen molar-refractivity contribution in [2.75, 3.05) is 0 Å². The first-order valence-electron chi connectivity index (χ1n) is 7.86. The Balaban J connectivity index is 1.51. The highest BCUT2D eigenvalue weighted by atomic mass is 32.1. The molecular formula is C19H19FN2OS. The van der Waals surface area contributed by atoms with Gasteiger partial charge in [-0.15, -0.1) is 11.3 Å². The van der Waals surface area contributed by atoms with Crippen molar-refractivity contribution in [3.63, 3.8) is 0 Å². The molecule has 0 aliphatic rings. The van der Waals surface area contributed by atoms with E-state index in [1.165, 1.54) is 27.8 Å². The summed E-state index contributed by atoms with van der Waals surface area (Å²) in [5, 5.41) is 9.15. The fraction of sp³-hybridized carbons (Fsp3) is 0.211. The highest BCUT2D eigenvalue weighted by molar-refractivity contribution is 7.17. The number of benzene rings is 2. The van der Waals surface area contributed by atoms with Gasteiger partial charge >= 0.3 is 6.03 Å². The minimum atomic E-state index is -0.278. The van der Waals surface area contributed by atoms with Crippen molar-refractivity contribution in [1.29, 1.82) is 0 Å². The second-order valence-electron chi connectivity index (χ2n) is 5.82. The number of fused-ring (bicyclic) bond motifs is 1. The molecule has 1 aromatic heterocycles. The molecule has 24 heavy (non-hydrogen) atoms. The fourth-order valence-corrected chi connectivity index (χ4v) is 3.61. The van der Waals surface area contributed by atoms with E-state index < -0.39 is 0 Å². The number of nitrogens with one attached hydrogen (secondary N) is 2. The summed E-state index contributed by atoms with van der Waals surface area (Å²) in [5.74, 6) is -0.278. The zero-order valence-electron chi connectivity index (χ0n) is 13.4. The third-order valence-corrected chi connectivity index (χ3v) is 4.84. The van der Waals surface area contributed by atoms with Crippen molar-refractivity contribution in [2.24, 2.45) is 0 Å². The van der Waals surface area contributed by atoms with Crippen LogP contribution in [0.3, 0.4) is 0 Å². The lowest BCUT2D eigenvalue weighted by Crippen LogP contribution is -2.41. The van der Waals surface area contributed by atoms with Gasteiger partial charge in [-0.2, -0.15) is 0 Å². The molecule has 0 aliphatic heterocycles. The van der Waals surface area contributed by atoms with Gasteiger partial charge in [-0.1, -0.05) is 30.3 Å². The normalized spacial score (nSPS) is 12.1. The SMILES string of the molecule is C[C@@H](Cc1csc2ccccc12)NC(=O)NCc1ccc(F)cc1. The number of urea groups is 1. The highest BCUT2D eigenvalue weighted by Crippen LogP contribution is 2.26. The van der Waals surface area contributed by atoms with Crippen LogP contribution in [0.4, 0.5) is 9.18 Å². The molecule has 0 fully saturated rings. The zero-order chi connectivity index (χ0) is 16.9. The summed E-state index contributed by atoms with van der Waals surface area (Å²) < 4.78 is 14.1. The smallest absolute Gasteiger partial charge is 0.315 e. The maximum Gasteiger partial charge on any atom is 0.315 e. The molecule has 0 aliphatic carbocycles. The molecular weight excluding hydrogens is 323 g/mol. The summed E-state index contributed by atoms with van der Waals surface area (Å²) in [7, 11) is 0. The standard InChI is InChI=1S/C19H19FN2OS/c1-13(10-15-12-24-18-5-3-2-4-17(15)18)22-19(23)21-11-14-6-8-16(20)9-7-14/h2-9,12-13H,10-11H2,1H3,(H2,21,22,23)/t13-/m0/s1. The molecule has 0 saturated carbocycles. The minimum Gasteiger partial charge on any atom is -0.335 e. The van der Waals surface area contributed by atoms with Gasteiger partial charge in [-0.05, 0) is 53.4 Å². The number of amides is 2. The van der Waals surface area contributed by atoms with Crippen LogP contribution < -0.4 is 10.6 Å². The number of carbonyl (C=O) groups is 1. The first-order valence-corrected chi connectivity index (χ1v) is 8.73. The Morgan fingerprint density at radius 1 is 1.17 bits per heavy atom. The molecule has 0 unspecified atom stereocenters. The van der Waals surface area contributed by atoms with Crippen molar-refractivity contribution >= 4 is 27.5 Å². The Morgan fingerprint density at radius 2 is 1.92 bits per heavy atom. The van der Waals surface area contributed by atoms with Crippen LogP contribution in [0.15, 0.2) is 53.9 Å². The minimum absolute atomic E-state index is 0.0243. The van der Waals surface area contributed by atoms with Crippen molar-refractivity contribution in [3.05, 3.63) is 70.9 Å². The quantitative estimate of drug-likeness (QED) is 0.706. The van der Waals surface area contributed by atoms with Crippen molar-refractivity contribution < 1.29 is 9.18 Å². The number of hydrogen-bond acceptors (Lipinski definition) is 2. The lowest BCUT2D eigenvalue weighted by molar-refractivity contribution is 0.237. The van der Waals surface area contributed by atoms with Gasteiger partial charge in [0.05, 0.1) is 0 Å². The number of rotatable bonds is 5. The monoisotopic (exact) mass is 342 g/mol. The molecule has 5 heteroatoms. The summed E-state index contributed by atoms with van der Waals surface area (Å²) in [4.78, 5) is 12.0. The Hall–Kier alpha value is -2.40. The number of carbonyl (C=O) groups excluding carboxylic acids is 1. The van der Waals surface area contributed by atoms with Crippen LogP contribution in [-0.2, 0) is 13.0 Å². The maximum atomic E-state index is 12.9. The van der Waals surface area contributed by atoms with Gasteiger partial charge in [0, 0.05) is 17.3 Å². The summed E-state index contributed by atoms with van der Waals surface area (Å²) >= 11 is 1.72. The molecule has 0 bridgehead atoms. The predicted octanol–water partition coefficient (Wildman–Crippen LogP) is 4.47. The molecule has 0 saturated heterocycles. The van der Waals surface area contributed by atoms with Gasteiger partial charge in [0.25, 0.3) is 0 Å². The molecule has 3 rings (SSSR count). The molecule has 2 N–H and O–H groups in total. The van der Waals surface area contributed by atoms with E-state index in [1.807, 2.05) is 19.1 Å². The van der Waals surface area contributed by atoms with Gasteiger partial charge in [-0.25, -0.2) is 9.18 Å². The van der Waals surface area contributed by atoms with Crippen LogP contribution in [0.25, 0.3) is 10.1 Å². The van der Waals surface area contributed by atoms with E-state index in [4.69, 9.17) is 0 Å². The van der Waals surface area contributed by atoms with E-state index in [0.717, 1.165) is 12.0 Å².